The maximum atomic E-state index is 10.8. The molecule has 0 aromatic rings. The third-order valence-corrected chi connectivity index (χ3v) is 3.66. The molecular formula is C6H12OS. The van der Waals surface area contributed by atoms with Crippen LogP contribution in [0.3, 0.4) is 0 Å². The molecule has 2 atom stereocenters. The molecule has 0 N–H and O–H groups in total. The molecule has 1 aliphatic heterocycles. The van der Waals surface area contributed by atoms with Crippen molar-refractivity contribution in [2.75, 3.05) is 11.5 Å². The van der Waals surface area contributed by atoms with E-state index in [1.165, 1.54) is 0 Å². The Morgan fingerprint density at radius 1 is 1.25 bits per heavy atom. The molecule has 8 heavy (non-hydrogen) atoms. The van der Waals surface area contributed by atoms with E-state index in [0.717, 1.165) is 11.5 Å². The minimum atomic E-state index is -0.483. The topological polar surface area (TPSA) is 23.1 Å². The Morgan fingerprint density at radius 2 is 1.62 bits per heavy atom. The van der Waals surface area contributed by atoms with Gasteiger partial charge in [0.15, 0.2) is 0 Å². The lowest BCUT2D eigenvalue weighted by Gasteiger charge is -1.99. The molecular weight excluding hydrogens is 120 g/mol. The maximum absolute atomic E-state index is 10.8. The van der Waals surface area contributed by atoms with Crippen LogP contribution < -0.4 is 0 Å². The van der Waals surface area contributed by atoms with Gasteiger partial charge in [-0.25, -0.2) is 0 Å². The van der Waals surface area contributed by atoms with Crippen LogP contribution in [0.5, 0.6) is 0 Å². The first-order chi connectivity index (χ1) is 3.70. The van der Waals surface area contributed by atoms with E-state index < -0.39 is 11.2 Å². The van der Waals surface area contributed by atoms with E-state index in [-0.39, 0.29) is 0 Å². The lowest BCUT2D eigenvalue weighted by Crippen LogP contribution is -2.01. The Bertz CT molecular complexity index is 74.6. The highest BCUT2D eigenvalue weighted by Crippen LogP contribution is 2.23. The minimum Gasteiger partial charge on any atom is -0.616 e. The van der Waals surface area contributed by atoms with Crippen molar-refractivity contribution in [3.63, 3.8) is 0 Å². The molecule has 1 nitrogen and oxygen atoms in total. The van der Waals surface area contributed by atoms with Gasteiger partial charge in [-0.2, -0.15) is 0 Å². The molecule has 1 fully saturated rings. The van der Waals surface area contributed by atoms with E-state index in [4.69, 9.17) is 0 Å². The van der Waals surface area contributed by atoms with Gasteiger partial charge in [-0.05, 0) is 0 Å². The van der Waals surface area contributed by atoms with E-state index >= 15 is 0 Å². The van der Waals surface area contributed by atoms with Gasteiger partial charge in [-0.3, -0.25) is 0 Å². The molecule has 48 valence electrons. The van der Waals surface area contributed by atoms with Crippen LogP contribution in [0, 0.1) is 11.8 Å². The fourth-order valence-corrected chi connectivity index (χ4v) is 2.95. The quantitative estimate of drug-likeness (QED) is 0.451. The Balaban J connectivity index is 2.39. The zero-order valence-corrected chi connectivity index (χ0v) is 6.20. The van der Waals surface area contributed by atoms with Crippen LogP contribution >= 0.6 is 0 Å². The molecule has 0 aromatic carbocycles. The third-order valence-electron chi connectivity index (χ3n) is 1.87. The summed E-state index contributed by atoms with van der Waals surface area (Å²) in [4.78, 5) is 0. The Hall–Kier alpha value is 0.310. The van der Waals surface area contributed by atoms with Gasteiger partial charge in [0.25, 0.3) is 0 Å². The SMILES string of the molecule is CC1C[S+]([O-])CC1C. The van der Waals surface area contributed by atoms with Crippen LogP contribution in [0.1, 0.15) is 13.8 Å². The molecule has 0 radical (unpaired) electrons. The molecule has 2 unspecified atom stereocenters. The van der Waals surface area contributed by atoms with Crippen molar-refractivity contribution < 1.29 is 4.55 Å². The van der Waals surface area contributed by atoms with Gasteiger partial charge in [-0.1, -0.05) is 25.0 Å². The molecule has 0 aromatic heterocycles. The summed E-state index contributed by atoms with van der Waals surface area (Å²) in [6.07, 6.45) is 0. The molecule has 1 aliphatic rings. The molecule has 0 bridgehead atoms. The Kier molecular flexibility index (Phi) is 1.83. The van der Waals surface area contributed by atoms with Crippen molar-refractivity contribution in [3.05, 3.63) is 0 Å². The van der Waals surface area contributed by atoms with Gasteiger partial charge >= 0.3 is 0 Å². The van der Waals surface area contributed by atoms with Crippen molar-refractivity contribution in [3.8, 4) is 0 Å². The van der Waals surface area contributed by atoms with Gasteiger partial charge < -0.3 is 4.55 Å². The van der Waals surface area contributed by atoms with Crippen molar-refractivity contribution in [2.24, 2.45) is 11.8 Å². The first-order valence-electron chi connectivity index (χ1n) is 3.05. The van der Waals surface area contributed by atoms with E-state index in [1.807, 2.05) is 0 Å². The van der Waals surface area contributed by atoms with E-state index in [2.05, 4.69) is 13.8 Å². The molecule has 1 rings (SSSR count). The smallest absolute Gasteiger partial charge is 0.108 e. The Morgan fingerprint density at radius 3 is 1.75 bits per heavy atom. The highest BCUT2D eigenvalue weighted by atomic mass is 32.2. The summed E-state index contributed by atoms with van der Waals surface area (Å²) in [6, 6.07) is 0. The lowest BCUT2D eigenvalue weighted by molar-refractivity contribution is 0.494. The van der Waals surface area contributed by atoms with Crippen LogP contribution in [0.2, 0.25) is 0 Å². The van der Waals surface area contributed by atoms with Gasteiger partial charge in [0.2, 0.25) is 0 Å². The minimum absolute atomic E-state index is 0.483. The van der Waals surface area contributed by atoms with Crippen molar-refractivity contribution in [2.45, 2.75) is 13.8 Å². The molecule has 0 amide bonds. The summed E-state index contributed by atoms with van der Waals surface area (Å²) in [5.41, 5.74) is 0. The fourth-order valence-electron chi connectivity index (χ4n) is 0.983. The van der Waals surface area contributed by atoms with Gasteiger partial charge in [0.1, 0.15) is 11.5 Å². The van der Waals surface area contributed by atoms with Crippen LogP contribution in [0.15, 0.2) is 0 Å². The van der Waals surface area contributed by atoms with E-state index in [1.54, 1.807) is 0 Å². The molecule has 1 heterocycles. The lowest BCUT2D eigenvalue weighted by atomic mass is 10.0. The number of rotatable bonds is 0. The summed E-state index contributed by atoms with van der Waals surface area (Å²) >= 11 is -0.483. The Labute approximate surface area is 53.7 Å². The van der Waals surface area contributed by atoms with Crippen molar-refractivity contribution in [1.29, 1.82) is 0 Å². The number of hydrogen-bond donors (Lipinski definition) is 0. The largest absolute Gasteiger partial charge is 0.616 e. The fraction of sp³-hybridized carbons (Fsp3) is 1.00. The summed E-state index contributed by atoms with van der Waals surface area (Å²) < 4.78 is 10.8. The average Bonchev–Trinajstić information content (AvgIpc) is 1.85. The summed E-state index contributed by atoms with van der Waals surface area (Å²) in [6.45, 7) is 4.35. The monoisotopic (exact) mass is 132 g/mol. The average molecular weight is 132 g/mol. The second kappa shape index (κ2) is 2.28. The maximum Gasteiger partial charge on any atom is 0.108 e. The van der Waals surface area contributed by atoms with Crippen LogP contribution in [-0.2, 0) is 11.2 Å². The van der Waals surface area contributed by atoms with Crippen LogP contribution in [0.25, 0.3) is 0 Å². The first-order valence-corrected chi connectivity index (χ1v) is 4.54. The second-order valence-electron chi connectivity index (χ2n) is 2.73. The first kappa shape index (κ1) is 6.43. The van der Waals surface area contributed by atoms with Gasteiger partial charge in [0, 0.05) is 11.8 Å². The molecule has 0 saturated carbocycles. The third kappa shape index (κ3) is 1.17. The van der Waals surface area contributed by atoms with Crippen LogP contribution in [-0.4, -0.2) is 16.1 Å². The van der Waals surface area contributed by atoms with E-state index in [0.29, 0.717) is 11.8 Å². The summed E-state index contributed by atoms with van der Waals surface area (Å²) in [7, 11) is 0. The number of hydrogen-bond acceptors (Lipinski definition) is 1. The van der Waals surface area contributed by atoms with Gasteiger partial charge in [0.05, 0.1) is 0 Å². The standard InChI is InChI=1S/C6H12OS/c1-5-3-8(7)4-6(5)2/h5-6H,3-4H2,1-2H3. The van der Waals surface area contributed by atoms with Crippen LogP contribution in [0.4, 0.5) is 0 Å². The zero-order valence-electron chi connectivity index (χ0n) is 5.39. The molecule has 1 saturated heterocycles. The molecule has 0 spiro atoms. The summed E-state index contributed by atoms with van der Waals surface area (Å²) in [5.74, 6) is 3.24. The van der Waals surface area contributed by atoms with E-state index in [9.17, 15) is 4.55 Å². The zero-order chi connectivity index (χ0) is 6.15. The predicted molar refractivity (Wildman–Crippen MR) is 36.2 cm³/mol. The normalized spacial score (nSPS) is 47.6. The second-order valence-corrected chi connectivity index (χ2v) is 4.27. The predicted octanol–water partition coefficient (Wildman–Crippen LogP) is 1.02. The molecule has 0 aliphatic carbocycles. The highest BCUT2D eigenvalue weighted by molar-refractivity contribution is 7.91. The molecule has 2 heteroatoms. The highest BCUT2D eigenvalue weighted by Gasteiger charge is 2.29. The van der Waals surface area contributed by atoms with Crippen molar-refractivity contribution in [1.82, 2.24) is 0 Å². The summed E-state index contributed by atoms with van der Waals surface area (Å²) in [5, 5.41) is 0. The van der Waals surface area contributed by atoms with Crippen molar-refractivity contribution >= 4 is 11.2 Å². The van der Waals surface area contributed by atoms with Gasteiger partial charge in [-0.15, -0.1) is 0 Å².